The van der Waals surface area contributed by atoms with Crippen molar-refractivity contribution in [1.29, 1.82) is 0 Å². The fourth-order valence-corrected chi connectivity index (χ4v) is 0.994. The number of hydrogen-bond donors (Lipinski definition) is 3. The number of carbonyl (C=O) groups is 1. The molecule has 1 rings (SSSR count). The van der Waals surface area contributed by atoms with E-state index in [0.29, 0.717) is 25.2 Å². The second-order valence-corrected chi connectivity index (χ2v) is 2.95. The van der Waals surface area contributed by atoms with Crippen molar-refractivity contribution in [2.45, 2.75) is 25.8 Å². The van der Waals surface area contributed by atoms with Crippen LogP contribution in [0.2, 0.25) is 0 Å². The van der Waals surface area contributed by atoms with Crippen LogP contribution in [0.3, 0.4) is 0 Å². The zero-order chi connectivity index (χ0) is 10.4. The molecule has 0 aliphatic heterocycles. The Kier molecular flexibility index (Phi) is 3.99. The van der Waals surface area contributed by atoms with E-state index >= 15 is 0 Å². The highest BCUT2D eigenvalue weighted by atomic mass is 16.1. The van der Waals surface area contributed by atoms with E-state index < -0.39 is 0 Å². The molecule has 0 aromatic carbocycles. The summed E-state index contributed by atoms with van der Waals surface area (Å²) in [6, 6.07) is -0.223. The predicted molar refractivity (Wildman–Crippen MR) is 49.0 cm³/mol. The topological polar surface area (TPSA) is 110 Å². The first-order chi connectivity index (χ1) is 6.74. The Morgan fingerprint density at radius 3 is 3.07 bits per heavy atom. The summed E-state index contributed by atoms with van der Waals surface area (Å²) < 4.78 is 0. The van der Waals surface area contributed by atoms with Crippen LogP contribution in [0.5, 0.6) is 0 Å². The summed E-state index contributed by atoms with van der Waals surface area (Å²) in [5.41, 5.74) is 5.28. The molecule has 0 bridgehead atoms. The first-order valence-electron chi connectivity index (χ1n) is 4.47. The number of rotatable bonds is 5. The molecule has 0 saturated carbocycles. The second kappa shape index (κ2) is 5.28. The zero-order valence-electron chi connectivity index (χ0n) is 8.03. The molecule has 78 valence electrons. The Morgan fingerprint density at radius 1 is 1.71 bits per heavy atom. The minimum absolute atomic E-state index is 0.0484. The molecule has 14 heavy (non-hydrogen) atoms. The molecule has 0 radical (unpaired) electrons. The molecule has 0 saturated heterocycles. The summed E-state index contributed by atoms with van der Waals surface area (Å²) >= 11 is 0. The zero-order valence-corrected chi connectivity index (χ0v) is 8.03. The maximum Gasteiger partial charge on any atom is 0.220 e. The lowest BCUT2D eigenvalue weighted by Crippen LogP contribution is -2.27. The largest absolute Gasteiger partial charge is 0.346 e. The molecule has 7 nitrogen and oxygen atoms in total. The van der Waals surface area contributed by atoms with Crippen molar-refractivity contribution in [2.24, 2.45) is 5.73 Å². The molecule has 1 unspecified atom stereocenters. The molecule has 0 fully saturated rings. The number of nitrogens with two attached hydrogens (primary N) is 1. The van der Waals surface area contributed by atoms with E-state index in [4.69, 9.17) is 5.73 Å². The van der Waals surface area contributed by atoms with Crippen LogP contribution in [0, 0.1) is 0 Å². The minimum Gasteiger partial charge on any atom is -0.346 e. The molecule has 0 aliphatic carbocycles. The quantitative estimate of drug-likeness (QED) is 0.569. The fourth-order valence-electron chi connectivity index (χ4n) is 0.994. The van der Waals surface area contributed by atoms with Crippen molar-refractivity contribution in [3.8, 4) is 0 Å². The number of hydrogen-bond acceptors (Lipinski definition) is 5. The van der Waals surface area contributed by atoms with Crippen molar-refractivity contribution in [3.63, 3.8) is 0 Å². The van der Waals surface area contributed by atoms with Crippen molar-refractivity contribution < 1.29 is 4.79 Å². The van der Waals surface area contributed by atoms with Gasteiger partial charge in [-0.25, -0.2) is 0 Å². The van der Waals surface area contributed by atoms with Gasteiger partial charge in [0.1, 0.15) is 0 Å². The Bertz CT molecular complexity index is 272. The van der Waals surface area contributed by atoms with Crippen LogP contribution in [0.4, 0.5) is 0 Å². The number of aromatic amines is 1. The van der Waals surface area contributed by atoms with Gasteiger partial charge in [-0.3, -0.25) is 4.79 Å². The molecule has 1 atom stereocenters. The van der Waals surface area contributed by atoms with Crippen LogP contribution in [0.15, 0.2) is 0 Å². The average Bonchev–Trinajstić information content (AvgIpc) is 2.67. The number of tetrazole rings is 1. The van der Waals surface area contributed by atoms with Crippen LogP contribution in [0.25, 0.3) is 0 Å². The number of H-pyrrole nitrogens is 1. The third-order valence-electron chi connectivity index (χ3n) is 1.73. The Balaban J connectivity index is 2.33. The molecule has 1 aromatic heterocycles. The number of carbonyl (C=O) groups excluding carboxylic acids is 1. The first kappa shape index (κ1) is 10.6. The summed E-state index contributed by atoms with van der Waals surface area (Å²) in [4.78, 5) is 11.3. The van der Waals surface area contributed by atoms with Gasteiger partial charge in [0.25, 0.3) is 0 Å². The number of nitrogens with zero attached hydrogens (tertiary/aromatic N) is 3. The lowest BCUT2D eigenvalue weighted by Gasteiger charge is -2.08. The van der Waals surface area contributed by atoms with Crippen molar-refractivity contribution in [2.75, 3.05) is 6.54 Å². The summed E-state index contributed by atoms with van der Waals surface area (Å²) in [6.45, 7) is 2.31. The van der Waals surface area contributed by atoms with Crippen molar-refractivity contribution >= 4 is 5.91 Å². The standard InChI is InChI=1S/C7H14N6O/c1-5(7-10-12-13-11-7)9-6(14)3-2-4-8/h5H,2-4,8H2,1H3,(H,9,14)(H,10,11,12,13). The van der Waals surface area contributed by atoms with Crippen LogP contribution in [0.1, 0.15) is 31.6 Å². The number of amides is 1. The molecule has 0 aliphatic rings. The van der Waals surface area contributed by atoms with Gasteiger partial charge in [0.2, 0.25) is 5.91 Å². The van der Waals surface area contributed by atoms with Gasteiger partial charge in [0.05, 0.1) is 6.04 Å². The summed E-state index contributed by atoms with van der Waals surface area (Å²) in [5, 5.41) is 16.0. The third-order valence-corrected chi connectivity index (χ3v) is 1.73. The summed E-state index contributed by atoms with van der Waals surface area (Å²) in [5.74, 6) is 0.429. The van der Waals surface area contributed by atoms with Gasteiger partial charge in [-0.15, -0.1) is 10.2 Å². The maximum absolute atomic E-state index is 11.3. The number of nitrogens with one attached hydrogen (secondary N) is 2. The van der Waals surface area contributed by atoms with Crippen LogP contribution >= 0.6 is 0 Å². The molecular weight excluding hydrogens is 184 g/mol. The molecule has 1 aromatic rings. The average molecular weight is 198 g/mol. The molecule has 1 heterocycles. The monoisotopic (exact) mass is 198 g/mol. The summed E-state index contributed by atoms with van der Waals surface area (Å²) in [7, 11) is 0. The fraction of sp³-hybridized carbons (Fsp3) is 0.714. The predicted octanol–water partition coefficient (Wildman–Crippen LogP) is -0.884. The van der Waals surface area contributed by atoms with Gasteiger partial charge in [-0.05, 0) is 19.9 Å². The minimum atomic E-state index is -0.223. The van der Waals surface area contributed by atoms with Crippen LogP contribution < -0.4 is 11.1 Å². The van der Waals surface area contributed by atoms with Crippen molar-refractivity contribution in [3.05, 3.63) is 5.82 Å². The lowest BCUT2D eigenvalue weighted by atomic mass is 10.2. The molecule has 7 heteroatoms. The third kappa shape index (κ3) is 3.09. The van der Waals surface area contributed by atoms with Gasteiger partial charge in [0, 0.05) is 6.42 Å². The van der Waals surface area contributed by atoms with Crippen LogP contribution in [-0.2, 0) is 4.79 Å². The van der Waals surface area contributed by atoms with Crippen LogP contribution in [-0.4, -0.2) is 33.1 Å². The SMILES string of the molecule is CC(NC(=O)CCCN)c1nn[nH]n1. The Labute approximate surface area is 81.4 Å². The van der Waals surface area contributed by atoms with Gasteiger partial charge >= 0.3 is 0 Å². The van der Waals surface area contributed by atoms with E-state index in [1.54, 1.807) is 6.92 Å². The normalized spacial score (nSPS) is 12.4. The van der Waals surface area contributed by atoms with E-state index in [1.807, 2.05) is 0 Å². The molecule has 0 spiro atoms. The lowest BCUT2D eigenvalue weighted by molar-refractivity contribution is -0.121. The Hall–Kier alpha value is -1.50. The van der Waals surface area contributed by atoms with Gasteiger partial charge in [0.15, 0.2) is 5.82 Å². The molecule has 1 amide bonds. The molecular formula is C7H14N6O. The maximum atomic E-state index is 11.3. The highest BCUT2D eigenvalue weighted by Gasteiger charge is 2.12. The highest BCUT2D eigenvalue weighted by Crippen LogP contribution is 2.03. The Morgan fingerprint density at radius 2 is 2.50 bits per heavy atom. The smallest absolute Gasteiger partial charge is 0.220 e. The van der Waals surface area contributed by atoms with E-state index in [-0.39, 0.29) is 11.9 Å². The first-order valence-corrected chi connectivity index (χ1v) is 4.47. The van der Waals surface area contributed by atoms with E-state index in [2.05, 4.69) is 25.9 Å². The highest BCUT2D eigenvalue weighted by molar-refractivity contribution is 5.76. The summed E-state index contributed by atoms with van der Waals surface area (Å²) in [6.07, 6.45) is 1.11. The van der Waals surface area contributed by atoms with Gasteiger partial charge in [-0.1, -0.05) is 5.21 Å². The molecule has 4 N–H and O–H groups in total. The van der Waals surface area contributed by atoms with E-state index in [0.717, 1.165) is 0 Å². The van der Waals surface area contributed by atoms with Gasteiger partial charge in [-0.2, -0.15) is 5.21 Å². The van der Waals surface area contributed by atoms with E-state index in [1.165, 1.54) is 0 Å². The van der Waals surface area contributed by atoms with Gasteiger partial charge < -0.3 is 11.1 Å². The van der Waals surface area contributed by atoms with E-state index in [9.17, 15) is 4.79 Å². The number of aromatic nitrogens is 4. The van der Waals surface area contributed by atoms with Crippen molar-refractivity contribution in [1.82, 2.24) is 25.9 Å². The second-order valence-electron chi connectivity index (χ2n) is 2.95.